The molecule has 3 aliphatic carbocycles. The lowest BCUT2D eigenvalue weighted by Crippen LogP contribution is -2.30. The zero-order valence-corrected chi connectivity index (χ0v) is 20.6. The molecule has 0 amide bonds. The quantitative estimate of drug-likeness (QED) is 0.329. The molecule has 1 aromatic carbocycles. The summed E-state index contributed by atoms with van der Waals surface area (Å²) in [4.78, 5) is 0. The topological polar surface area (TPSA) is 0 Å². The van der Waals surface area contributed by atoms with E-state index in [0.717, 1.165) is 35.5 Å². The fraction of sp³-hybridized carbons (Fsp3) is 0.806. The van der Waals surface area contributed by atoms with E-state index in [9.17, 15) is 0 Å². The van der Waals surface area contributed by atoms with Crippen molar-refractivity contribution >= 4 is 0 Å². The molecule has 4 atom stereocenters. The van der Waals surface area contributed by atoms with E-state index in [1.807, 2.05) is 0 Å². The van der Waals surface area contributed by atoms with Gasteiger partial charge in [-0.1, -0.05) is 121 Å². The lowest BCUT2D eigenvalue weighted by molar-refractivity contribution is 0.108. The fourth-order valence-corrected chi connectivity index (χ4v) is 7.59. The second-order valence-corrected chi connectivity index (χ2v) is 11.8. The summed E-state index contributed by atoms with van der Waals surface area (Å²) in [7, 11) is 0. The summed E-state index contributed by atoms with van der Waals surface area (Å²) >= 11 is 0. The van der Waals surface area contributed by atoms with Crippen molar-refractivity contribution in [3.8, 4) is 0 Å². The minimum atomic E-state index is 0.848. The lowest BCUT2D eigenvalue weighted by Gasteiger charge is -2.42. The Morgan fingerprint density at radius 3 is 1.97 bits per heavy atom. The molecule has 31 heavy (non-hydrogen) atoms. The highest BCUT2D eigenvalue weighted by atomic mass is 14.4. The molecule has 3 saturated carbocycles. The first-order valence-electron chi connectivity index (χ1n) is 14.4. The molecule has 0 heterocycles. The van der Waals surface area contributed by atoms with Crippen molar-refractivity contribution in [3.63, 3.8) is 0 Å². The minimum absolute atomic E-state index is 0.848. The average Bonchev–Trinajstić information content (AvgIpc) is 2.83. The van der Waals surface area contributed by atoms with Crippen LogP contribution in [-0.2, 0) is 0 Å². The molecule has 0 aromatic heterocycles. The van der Waals surface area contributed by atoms with Crippen molar-refractivity contribution < 1.29 is 0 Å². The van der Waals surface area contributed by atoms with E-state index >= 15 is 0 Å². The van der Waals surface area contributed by atoms with Crippen LogP contribution >= 0.6 is 0 Å². The number of fused-ring (bicyclic) bond motifs is 1. The average molecular weight is 423 g/mol. The van der Waals surface area contributed by atoms with Gasteiger partial charge in [0.15, 0.2) is 0 Å². The lowest BCUT2D eigenvalue weighted by atomic mass is 9.63. The van der Waals surface area contributed by atoms with Crippen LogP contribution in [0.5, 0.6) is 0 Å². The van der Waals surface area contributed by atoms with Gasteiger partial charge in [-0.3, -0.25) is 0 Å². The number of benzene rings is 1. The number of hydrogen-bond donors (Lipinski definition) is 0. The van der Waals surface area contributed by atoms with Crippen LogP contribution in [0, 0.1) is 29.6 Å². The number of rotatable bonds is 10. The first kappa shape index (κ1) is 23.4. The summed E-state index contributed by atoms with van der Waals surface area (Å²) in [5.74, 6) is 6.15. The van der Waals surface area contributed by atoms with Crippen LogP contribution in [0.1, 0.15) is 134 Å². The molecule has 0 radical (unpaired) electrons. The third kappa shape index (κ3) is 7.10. The van der Waals surface area contributed by atoms with Crippen molar-refractivity contribution in [1.82, 2.24) is 0 Å². The van der Waals surface area contributed by atoms with Gasteiger partial charge in [-0.2, -0.15) is 0 Å². The zero-order chi connectivity index (χ0) is 21.3. The molecule has 0 saturated heterocycles. The van der Waals surface area contributed by atoms with Crippen molar-refractivity contribution in [3.05, 3.63) is 35.9 Å². The second kappa shape index (κ2) is 12.5. The van der Waals surface area contributed by atoms with Gasteiger partial charge in [0.25, 0.3) is 0 Å². The van der Waals surface area contributed by atoms with Crippen LogP contribution in [0.2, 0.25) is 0 Å². The number of hydrogen-bond acceptors (Lipinski definition) is 0. The maximum Gasteiger partial charge on any atom is -0.0159 e. The van der Waals surface area contributed by atoms with Gasteiger partial charge in [0.1, 0.15) is 0 Å². The van der Waals surface area contributed by atoms with Crippen LogP contribution in [0.15, 0.2) is 30.3 Å². The predicted octanol–water partition coefficient (Wildman–Crippen LogP) is 9.93. The summed E-state index contributed by atoms with van der Waals surface area (Å²) in [6.45, 7) is 2.32. The third-order valence-corrected chi connectivity index (χ3v) is 9.66. The molecule has 3 fully saturated rings. The SMILES string of the molecule is CCCCCCCC1CCC(CCC2CCC3CC(c4ccccc4)CCC3C2)CC1. The standard InChI is InChI=1S/C31H50/c1-2-3-4-5-7-10-25-13-15-26(16-14-25)17-18-27-19-20-31-24-30(22-21-29(31)23-27)28-11-8-6-9-12-28/h6,8-9,11-12,25-27,29-31H,2-5,7,10,13-24H2,1H3. The molecule has 174 valence electrons. The smallest absolute Gasteiger partial charge is 0.0159 e. The highest BCUT2D eigenvalue weighted by molar-refractivity contribution is 5.20. The van der Waals surface area contributed by atoms with Gasteiger partial charge in [-0.25, -0.2) is 0 Å². The van der Waals surface area contributed by atoms with Crippen molar-refractivity contribution in [1.29, 1.82) is 0 Å². The fourth-order valence-electron chi connectivity index (χ4n) is 7.59. The monoisotopic (exact) mass is 422 g/mol. The zero-order valence-electron chi connectivity index (χ0n) is 20.6. The van der Waals surface area contributed by atoms with E-state index in [-0.39, 0.29) is 0 Å². The Bertz CT molecular complexity index is 596. The summed E-state index contributed by atoms with van der Waals surface area (Å²) in [5.41, 5.74) is 1.61. The third-order valence-electron chi connectivity index (χ3n) is 9.66. The largest absolute Gasteiger partial charge is 0.0654 e. The molecule has 0 heteroatoms. The van der Waals surface area contributed by atoms with E-state index in [4.69, 9.17) is 0 Å². The second-order valence-electron chi connectivity index (χ2n) is 11.8. The Morgan fingerprint density at radius 1 is 0.581 bits per heavy atom. The molecule has 1 aromatic rings. The first-order valence-corrected chi connectivity index (χ1v) is 14.4. The Balaban J connectivity index is 1.10. The van der Waals surface area contributed by atoms with Crippen LogP contribution in [0.3, 0.4) is 0 Å². The van der Waals surface area contributed by atoms with E-state index in [1.165, 1.54) is 70.6 Å². The first-order chi connectivity index (χ1) is 15.3. The van der Waals surface area contributed by atoms with E-state index in [1.54, 1.807) is 50.5 Å². The molecule has 0 nitrogen and oxygen atoms in total. The van der Waals surface area contributed by atoms with E-state index in [2.05, 4.69) is 37.3 Å². The molecule has 0 N–H and O–H groups in total. The molecular formula is C31H50. The summed E-state index contributed by atoms with van der Waals surface area (Å²) < 4.78 is 0. The van der Waals surface area contributed by atoms with Crippen LogP contribution in [0.25, 0.3) is 0 Å². The molecule has 0 bridgehead atoms. The van der Waals surface area contributed by atoms with Crippen LogP contribution < -0.4 is 0 Å². The normalized spacial score (nSPS) is 33.7. The van der Waals surface area contributed by atoms with E-state index < -0.39 is 0 Å². The predicted molar refractivity (Wildman–Crippen MR) is 135 cm³/mol. The van der Waals surface area contributed by atoms with Gasteiger partial charge in [0, 0.05) is 0 Å². The van der Waals surface area contributed by atoms with Gasteiger partial charge in [0.2, 0.25) is 0 Å². The minimum Gasteiger partial charge on any atom is -0.0654 e. The van der Waals surface area contributed by atoms with Gasteiger partial charge < -0.3 is 0 Å². The van der Waals surface area contributed by atoms with Gasteiger partial charge in [-0.15, -0.1) is 0 Å². The molecule has 4 rings (SSSR count). The Hall–Kier alpha value is -0.780. The van der Waals surface area contributed by atoms with Crippen molar-refractivity contribution in [2.75, 3.05) is 0 Å². The highest BCUT2D eigenvalue weighted by Crippen LogP contribution is 2.48. The molecular weight excluding hydrogens is 372 g/mol. The molecule has 3 aliphatic rings. The number of unbranched alkanes of at least 4 members (excludes halogenated alkanes) is 4. The van der Waals surface area contributed by atoms with Crippen molar-refractivity contribution in [2.45, 2.75) is 128 Å². The summed E-state index contributed by atoms with van der Waals surface area (Å²) in [6, 6.07) is 11.4. The molecule has 0 aliphatic heterocycles. The maximum absolute atomic E-state index is 2.37. The van der Waals surface area contributed by atoms with Crippen molar-refractivity contribution in [2.24, 2.45) is 29.6 Å². The Morgan fingerprint density at radius 2 is 1.19 bits per heavy atom. The van der Waals surface area contributed by atoms with Crippen LogP contribution in [-0.4, -0.2) is 0 Å². The summed E-state index contributed by atoms with van der Waals surface area (Å²) in [5, 5.41) is 0. The maximum atomic E-state index is 2.37. The molecule has 0 spiro atoms. The summed E-state index contributed by atoms with van der Waals surface area (Å²) in [6.07, 6.45) is 27.2. The molecule has 4 unspecified atom stereocenters. The Kier molecular flexibility index (Phi) is 9.40. The highest BCUT2D eigenvalue weighted by Gasteiger charge is 2.36. The van der Waals surface area contributed by atoms with E-state index in [0.29, 0.717) is 0 Å². The Labute approximate surface area is 194 Å². The van der Waals surface area contributed by atoms with Crippen LogP contribution in [0.4, 0.5) is 0 Å². The van der Waals surface area contributed by atoms with Gasteiger partial charge in [0.05, 0.1) is 0 Å². The van der Waals surface area contributed by atoms with Gasteiger partial charge >= 0.3 is 0 Å². The van der Waals surface area contributed by atoms with Gasteiger partial charge in [-0.05, 0) is 73.2 Å².